The zero-order valence-corrected chi connectivity index (χ0v) is 13.3. The number of nitrogens with one attached hydrogen (secondary N) is 1. The van der Waals surface area contributed by atoms with Crippen molar-refractivity contribution < 1.29 is 9.53 Å². The number of amides is 2. The van der Waals surface area contributed by atoms with Gasteiger partial charge in [0.2, 0.25) is 0 Å². The maximum Gasteiger partial charge on any atom is 0.321 e. The number of carbonyl (C=O) groups is 1. The average molecular weight is 339 g/mol. The van der Waals surface area contributed by atoms with E-state index in [0.717, 1.165) is 18.7 Å². The van der Waals surface area contributed by atoms with Gasteiger partial charge in [-0.25, -0.2) is 4.79 Å². The number of rotatable bonds is 2. The standard InChI is InChI=1S/C15H19BrN2O2/c1-9-5-12(8-20-9)14(16)10-3-4-13-11(6-10)7-18(2)15(19)17-13/h3-4,6,9,12,14H,5,7-8H2,1-2H3,(H,17,19). The molecule has 1 fully saturated rings. The van der Waals surface area contributed by atoms with Crippen LogP contribution in [0.2, 0.25) is 0 Å². The Morgan fingerprint density at radius 3 is 3.00 bits per heavy atom. The zero-order valence-electron chi connectivity index (χ0n) is 11.7. The minimum absolute atomic E-state index is 0.0429. The van der Waals surface area contributed by atoms with Crippen LogP contribution < -0.4 is 5.32 Å². The van der Waals surface area contributed by atoms with Gasteiger partial charge in [0.1, 0.15) is 0 Å². The van der Waals surface area contributed by atoms with Gasteiger partial charge < -0.3 is 15.0 Å². The Bertz CT molecular complexity index is 535. The Balaban J connectivity index is 1.82. The number of hydrogen-bond acceptors (Lipinski definition) is 2. The number of urea groups is 1. The quantitative estimate of drug-likeness (QED) is 0.838. The molecule has 2 amide bonds. The second-order valence-corrected chi connectivity index (χ2v) is 6.73. The van der Waals surface area contributed by atoms with Gasteiger partial charge in [-0.1, -0.05) is 28.1 Å². The third-order valence-corrected chi connectivity index (χ3v) is 5.36. The molecule has 0 aliphatic carbocycles. The zero-order chi connectivity index (χ0) is 14.3. The fourth-order valence-corrected chi connectivity index (χ4v) is 3.56. The molecule has 3 unspecified atom stereocenters. The molecular formula is C15H19BrN2O2. The van der Waals surface area contributed by atoms with Crippen LogP contribution in [0.15, 0.2) is 18.2 Å². The van der Waals surface area contributed by atoms with E-state index >= 15 is 0 Å². The fraction of sp³-hybridized carbons (Fsp3) is 0.533. The number of benzene rings is 1. The van der Waals surface area contributed by atoms with E-state index in [1.807, 2.05) is 13.1 Å². The maximum atomic E-state index is 11.6. The van der Waals surface area contributed by atoms with E-state index in [1.54, 1.807) is 4.90 Å². The van der Waals surface area contributed by atoms with Gasteiger partial charge in [-0.2, -0.15) is 0 Å². The number of alkyl halides is 1. The van der Waals surface area contributed by atoms with Crippen molar-refractivity contribution in [3.05, 3.63) is 29.3 Å². The van der Waals surface area contributed by atoms with Crippen molar-refractivity contribution in [3.63, 3.8) is 0 Å². The van der Waals surface area contributed by atoms with E-state index < -0.39 is 0 Å². The van der Waals surface area contributed by atoms with Gasteiger partial charge in [-0.15, -0.1) is 0 Å². The normalized spacial score (nSPS) is 27.1. The minimum atomic E-state index is -0.0429. The van der Waals surface area contributed by atoms with Crippen LogP contribution in [0.1, 0.15) is 29.3 Å². The lowest BCUT2D eigenvalue weighted by molar-refractivity contribution is 0.120. The van der Waals surface area contributed by atoms with Crippen molar-refractivity contribution in [3.8, 4) is 0 Å². The summed E-state index contributed by atoms with van der Waals surface area (Å²) < 4.78 is 5.66. The first-order valence-corrected chi connectivity index (χ1v) is 7.87. The van der Waals surface area contributed by atoms with Crippen LogP contribution in [0.5, 0.6) is 0 Å². The summed E-state index contributed by atoms with van der Waals surface area (Å²) in [6.45, 7) is 3.59. The number of ether oxygens (including phenoxy) is 1. The van der Waals surface area contributed by atoms with Crippen LogP contribution in [0.3, 0.4) is 0 Å². The van der Waals surface area contributed by atoms with E-state index in [-0.39, 0.29) is 6.03 Å². The van der Waals surface area contributed by atoms with Crippen LogP contribution in [-0.4, -0.2) is 30.7 Å². The molecule has 2 aliphatic rings. The van der Waals surface area contributed by atoms with Crippen molar-refractivity contribution >= 4 is 27.6 Å². The van der Waals surface area contributed by atoms with Crippen molar-refractivity contribution in [2.75, 3.05) is 19.0 Å². The average Bonchev–Trinajstić information content (AvgIpc) is 2.85. The monoisotopic (exact) mass is 338 g/mol. The van der Waals surface area contributed by atoms with E-state index in [1.165, 1.54) is 11.1 Å². The number of nitrogens with zero attached hydrogens (tertiary/aromatic N) is 1. The van der Waals surface area contributed by atoms with Gasteiger partial charge in [-0.3, -0.25) is 0 Å². The van der Waals surface area contributed by atoms with Crippen molar-refractivity contribution in [1.82, 2.24) is 4.90 Å². The Morgan fingerprint density at radius 2 is 2.30 bits per heavy atom. The van der Waals surface area contributed by atoms with Crippen LogP contribution >= 0.6 is 15.9 Å². The predicted octanol–water partition coefficient (Wildman–Crippen LogP) is 3.52. The van der Waals surface area contributed by atoms with Crippen molar-refractivity contribution in [1.29, 1.82) is 0 Å². The predicted molar refractivity (Wildman–Crippen MR) is 82.1 cm³/mol. The lowest BCUT2D eigenvalue weighted by atomic mass is 9.95. The molecule has 1 saturated heterocycles. The summed E-state index contributed by atoms with van der Waals surface area (Å²) in [7, 11) is 1.81. The molecule has 1 N–H and O–H groups in total. The molecular weight excluding hydrogens is 320 g/mol. The van der Waals surface area contributed by atoms with Gasteiger partial charge in [0, 0.05) is 30.0 Å². The minimum Gasteiger partial charge on any atom is -0.378 e. The lowest BCUT2D eigenvalue weighted by Crippen LogP contribution is -2.35. The largest absolute Gasteiger partial charge is 0.378 e. The number of fused-ring (bicyclic) bond motifs is 1. The highest BCUT2D eigenvalue weighted by molar-refractivity contribution is 9.09. The lowest BCUT2D eigenvalue weighted by Gasteiger charge is -2.27. The highest BCUT2D eigenvalue weighted by Gasteiger charge is 2.30. The molecule has 5 heteroatoms. The molecule has 3 rings (SSSR count). The molecule has 2 heterocycles. The molecule has 0 spiro atoms. The summed E-state index contributed by atoms with van der Waals surface area (Å²) in [5.74, 6) is 0.513. The first-order chi connectivity index (χ1) is 9.54. The second-order valence-electron chi connectivity index (χ2n) is 5.74. The highest BCUT2D eigenvalue weighted by Crippen LogP contribution is 2.39. The SMILES string of the molecule is CC1CC(C(Br)c2ccc3c(c2)CN(C)C(=O)N3)CO1. The molecule has 2 aliphatic heterocycles. The van der Waals surface area contributed by atoms with Crippen LogP contribution in [0.4, 0.5) is 10.5 Å². The summed E-state index contributed by atoms with van der Waals surface area (Å²) in [5.41, 5.74) is 3.35. The van der Waals surface area contributed by atoms with Gasteiger partial charge in [0.15, 0.2) is 0 Å². The summed E-state index contributed by atoms with van der Waals surface area (Å²) in [5, 5.41) is 2.90. The number of anilines is 1. The Labute approximate surface area is 127 Å². The smallest absolute Gasteiger partial charge is 0.321 e. The topological polar surface area (TPSA) is 41.6 Å². The van der Waals surface area contributed by atoms with Crippen LogP contribution in [0.25, 0.3) is 0 Å². The molecule has 0 aromatic heterocycles. The van der Waals surface area contributed by atoms with Crippen molar-refractivity contribution in [2.24, 2.45) is 5.92 Å². The molecule has 0 radical (unpaired) electrons. The first-order valence-electron chi connectivity index (χ1n) is 6.95. The molecule has 0 bridgehead atoms. The summed E-state index contributed by atoms with van der Waals surface area (Å²) in [6.07, 6.45) is 1.44. The second kappa shape index (κ2) is 5.37. The Hall–Kier alpha value is -1.07. The van der Waals surface area contributed by atoms with E-state index in [4.69, 9.17) is 4.74 Å². The maximum absolute atomic E-state index is 11.6. The summed E-state index contributed by atoms with van der Waals surface area (Å²) >= 11 is 3.81. The summed E-state index contributed by atoms with van der Waals surface area (Å²) in [6, 6.07) is 6.24. The molecule has 0 saturated carbocycles. The molecule has 20 heavy (non-hydrogen) atoms. The van der Waals surface area contributed by atoms with E-state index in [9.17, 15) is 4.79 Å². The molecule has 1 aromatic rings. The first kappa shape index (κ1) is 13.9. The van der Waals surface area contributed by atoms with E-state index in [2.05, 4.69) is 40.3 Å². The molecule has 108 valence electrons. The number of hydrogen-bond donors (Lipinski definition) is 1. The van der Waals surface area contributed by atoms with Gasteiger partial charge in [0.25, 0.3) is 0 Å². The Kier molecular flexibility index (Phi) is 3.73. The number of halogens is 1. The molecule has 3 atom stereocenters. The van der Waals surface area contributed by atoms with Gasteiger partial charge >= 0.3 is 6.03 Å². The fourth-order valence-electron chi connectivity index (χ4n) is 2.90. The third kappa shape index (κ3) is 2.56. The number of carbonyl (C=O) groups excluding carboxylic acids is 1. The highest BCUT2D eigenvalue weighted by atomic mass is 79.9. The van der Waals surface area contributed by atoms with Gasteiger partial charge in [0.05, 0.1) is 12.7 Å². The molecule has 1 aromatic carbocycles. The third-order valence-electron chi connectivity index (χ3n) is 4.09. The van der Waals surface area contributed by atoms with Crippen LogP contribution in [-0.2, 0) is 11.3 Å². The van der Waals surface area contributed by atoms with Gasteiger partial charge in [-0.05, 0) is 30.5 Å². The van der Waals surface area contributed by atoms with Crippen molar-refractivity contribution in [2.45, 2.75) is 30.8 Å². The van der Waals surface area contributed by atoms with E-state index in [0.29, 0.717) is 23.4 Å². The molecule has 4 nitrogen and oxygen atoms in total. The summed E-state index contributed by atoms with van der Waals surface area (Å²) in [4.78, 5) is 13.6. The Morgan fingerprint density at radius 1 is 1.50 bits per heavy atom. The van der Waals surface area contributed by atoms with Crippen LogP contribution in [0, 0.1) is 5.92 Å².